The van der Waals surface area contributed by atoms with Crippen molar-refractivity contribution in [1.82, 2.24) is 4.90 Å². The van der Waals surface area contributed by atoms with Gasteiger partial charge in [-0.05, 0) is 73.6 Å². The molecule has 5 heteroatoms. The fourth-order valence-electron chi connectivity index (χ4n) is 4.91. The molecule has 0 spiro atoms. The third-order valence-corrected chi connectivity index (χ3v) is 6.93. The lowest BCUT2D eigenvalue weighted by atomic mass is 9.83. The van der Waals surface area contributed by atoms with Gasteiger partial charge in [-0.1, -0.05) is 30.2 Å². The normalized spacial score (nSPS) is 24.5. The molecule has 154 valence electrons. The van der Waals surface area contributed by atoms with E-state index in [1.54, 1.807) is 12.1 Å². The van der Waals surface area contributed by atoms with E-state index in [4.69, 9.17) is 11.6 Å². The molecular formula is C24H27ClFNO2. The number of piperidine rings is 1. The average Bonchev–Trinajstić information content (AvgIpc) is 3.18. The van der Waals surface area contributed by atoms with Gasteiger partial charge in [0, 0.05) is 36.1 Å². The highest BCUT2D eigenvalue weighted by molar-refractivity contribution is 6.30. The molecule has 1 saturated carbocycles. The van der Waals surface area contributed by atoms with Gasteiger partial charge in [-0.2, -0.15) is 0 Å². The molecule has 0 aromatic heterocycles. The fourth-order valence-corrected chi connectivity index (χ4v) is 5.04. The molecular weight excluding hydrogens is 389 g/mol. The van der Waals surface area contributed by atoms with E-state index in [0.717, 1.165) is 44.5 Å². The summed E-state index contributed by atoms with van der Waals surface area (Å²) in [6, 6.07) is 13.4. The monoisotopic (exact) mass is 415 g/mol. The predicted molar refractivity (Wildman–Crippen MR) is 113 cm³/mol. The fraction of sp³-hybridized carbons (Fsp3) is 0.458. The smallest absolute Gasteiger partial charge is 0.166 e. The molecule has 1 heterocycles. The Kier molecular flexibility index (Phi) is 6.05. The van der Waals surface area contributed by atoms with Crippen LogP contribution in [0.3, 0.4) is 0 Å². The van der Waals surface area contributed by atoms with Gasteiger partial charge in [0.1, 0.15) is 5.82 Å². The Hall–Kier alpha value is -1.75. The van der Waals surface area contributed by atoms with Crippen LogP contribution in [0, 0.1) is 17.7 Å². The van der Waals surface area contributed by atoms with Crippen molar-refractivity contribution in [1.29, 1.82) is 0 Å². The Balaban J connectivity index is 1.36. The van der Waals surface area contributed by atoms with E-state index in [1.807, 2.05) is 24.3 Å². The minimum absolute atomic E-state index is 0.0116. The summed E-state index contributed by atoms with van der Waals surface area (Å²) in [6.07, 6.45) is 4.37. The molecule has 2 fully saturated rings. The number of likely N-dealkylation sites (tertiary alicyclic amines) is 1. The van der Waals surface area contributed by atoms with Crippen LogP contribution < -0.4 is 0 Å². The second kappa shape index (κ2) is 8.55. The summed E-state index contributed by atoms with van der Waals surface area (Å²) in [7, 11) is 0. The van der Waals surface area contributed by atoms with Gasteiger partial charge in [-0.15, -0.1) is 0 Å². The van der Waals surface area contributed by atoms with E-state index in [1.165, 1.54) is 12.1 Å². The van der Waals surface area contributed by atoms with E-state index in [0.29, 0.717) is 29.3 Å². The lowest BCUT2D eigenvalue weighted by Gasteiger charge is -2.40. The van der Waals surface area contributed by atoms with Crippen molar-refractivity contribution in [3.8, 4) is 0 Å². The predicted octanol–water partition coefficient (Wildman–Crippen LogP) is 5.06. The molecule has 29 heavy (non-hydrogen) atoms. The van der Waals surface area contributed by atoms with Crippen molar-refractivity contribution in [2.45, 2.75) is 37.7 Å². The first-order valence-corrected chi connectivity index (χ1v) is 10.8. The van der Waals surface area contributed by atoms with Crippen molar-refractivity contribution in [3.63, 3.8) is 0 Å². The molecule has 4 rings (SSSR count). The molecule has 0 amide bonds. The third-order valence-electron chi connectivity index (χ3n) is 6.68. The lowest BCUT2D eigenvalue weighted by molar-refractivity contribution is -0.0296. The van der Waals surface area contributed by atoms with Crippen LogP contribution in [0.25, 0.3) is 0 Å². The summed E-state index contributed by atoms with van der Waals surface area (Å²) in [5.74, 6) is 0.167. The number of hydrogen-bond donors (Lipinski definition) is 1. The van der Waals surface area contributed by atoms with Gasteiger partial charge in [0.05, 0.1) is 5.60 Å². The highest BCUT2D eigenvalue weighted by atomic mass is 35.5. The second-order valence-corrected chi connectivity index (χ2v) is 8.94. The molecule has 1 aliphatic carbocycles. The zero-order valence-corrected chi connectivity index (χ0v) is 17.2. The Morgan fingerprint density at radius 1 is 1.07 bits per heavy atom. The molecule has 2 aromatic rings. The summed E-state index contributed by atoms with van der Waals surface area (Å²) >= 11 is 5.97. The van der Waals surface area contributed by atoms with E-state index in [-0.39, 0.29) is 17.5 Å². The number of carbonyl (C=O) groups is 1. The van der Waals surface area contributed by atoms with Crippen LogP contribution in [0.1, 0.15) is 48.0 Å². The van der Waals surface area contributed by atoms with Gasteiger partial charge in [0.15, 0.2) is 5.78 Å². The van der Waals surface area contributed by atoms with Gasteiger partial charge in [0.2, 0.25) is 0 Å². The molecule has 2 aromatic carbocycles. The molecule has 0 radical (unpaired) electrons. The van der Waals surface area contributed by atoms with E-state index < -0.39 is 5.60 Å². The molecule has 1 aliphatic heterocycles. The van der Waals surface area contributed by atoms with Crippen molar-refractivity contribution in [2.75, 3.05) is 19.6 Å². The van der Waals surface area contributed by atoms with Crippen molar-refractivity contribution >= 4 is 17.4 Å². The minimum atomic E-state index is -0.805. The first kappa shape index (κ1) is 20.5. The van der Waals surface area contributed by atoms with Crippen LogP contribution in [-0.2, 0) is 5.60 Å². The molecule has 0 unspecified atom stereocenters. The van der Waals surface area contributed by atoms with E-state index >= 15 is 0 Å². The van der Waals surface area contributed by atoms with Crippen LogP contribution in [0.5, 0.6) is 0 Å². The SMILES string of the molecule is O=C(c1ccc(F)cc1)[C@H]1CCC[C@@H]1CN1CCC(O)(c2ccc(Cl)cc2)CC1. The average molecular weight is 416 g/mol. The zero-order valence-electron chi connectivity index (χ0n) is 16.5. The number of Topliss-reactive ketones (excluding diaryl/α,β-unsaturated/α-hetero) is 1. The van der Waals surface area contributed by atoms with Crippen molar-refractivity contribution in [2.24, 2.45) is 11.8 Å². The molecule has 2 atom stereocenters. The number of rotatable bonds is 5. The Bertz CT molecular complexity index is 844. The molecule has 3 nitrogen and oxygen atoms in total. The van der Waals surface area contributed by atoms with E-state index in [9.17, 15) is 14.3 Å². The van der Waals surface area contributed by atoms with Gasteiger partial charge in [0.25, 0.3) is 0 Å². The summed E-state index contributed by atoms with van der Waals surface area (Å²) < 4.78 is 13.2. The van der Waals surface area contributed by atoms with Crippen LogP contribution in [0.4, 0.5) is 4.39 Å². The first-order valence-electron chi connectivity index (χ1n) is 10.5. The number of carbonyl (C=O) groups excluding carboxylic acids is 1. The van der Waals surface area contributed by atoms with E-state index in [2.05, 4.69) is 4.90 Å². The number of aliphatic hydroxyl groups is 1. The Morgan fingerprint density at radius 2 is 1.72 bits per heavy atom. The van der Waals surface area contributed by atoms with Gasteiger partial charge in [-0.25, -0.2) is 4.39 Å². The number of halogens is 2. The summed E-state index contributed by atoms with van der Waals surface area (Å²) in [6.45, 7) is 2.51. The van der Waals surface area contributed by atoms with Crippen molar-refractivity contribution < 1.29 is 14.3 Å². The van der Waals surface area contributed by atoms with Gasteiger partial charge in [-0.3, -0.25) is 4.79 Å². The molecule has 2 aliphatic rings. The van der Waals surface area contributed by atoms with Gasteiger partial charge >= 0.3 is 0 Å². The highest BCUT2D eigenvalue weighted by Gasteiger charge is 2.38. The number of nitrogens with zero attached hydrogens (tertiary/aromatic N) is 1. The molecule has 1 saturated heterocycles. The van der Waals surface area contributed by atoms with Crippen LogP contribution >= 0.6 is 11.6 Å². The number of hydrogen-bond acceptors (Lipinski definition) is 3. The third kappa shape index (κ3) is 4.55. The Labute approximate surface area is 176 Å². The first-order chi connectivity index (χ1) is 13.9. The standard InChI is InChI=1S/C24H27ClFNO2/c25-20-8-6-19(7-9-20)24(29)12-14-27(15-13-24)16-18-2-1-3-22(18)23(28)17-4-10-21(26)11-5-17/h4-11,18,22,29H,1-3,12-16H2/t18-,22+/m1/s1. The maximum absolute atomic E-state index is 13.2. The maximum Gasteiger partial charge on any atom is 0.166 e. The van der Waals surface area contributed by atoms with Crippen LogP contribution in [-0.4, -0.2) is 35.4 Å². The summed E-state index contributed by atoms with van der Waals surface area (Å²) in [5.41, 5.74) is 0.728. The van der Waals surface area contributed by atoms with Crippen LogP contribution in [0.15, 0.2) is 48.5 Å². The van der Waals surface area contributed by atoms with Gasteiger partial charge < -0.3 is 10.0 Å². The molecule has 0 bridgehead atoms. The largest absolute Gasteiger partial charge is 0.385 e. The summed E-state index contributed by atoms with van der Waals surface area (Å²) in [4.78, 5) is 15.3. The second-order valence-electron chi connectivity index (χ2n) is 8.51. The maximum atomic E-state index is 13.2. The molecule has 1 N–H and O–H groups in total. The highest BCUT2D eigenvalue weighted by Crippen LogP contribution is 2.38. The van der Waals surface area contributed by atoms with Crippen LogP contribution in [0.2, 0.25) is 5.02 Å². The summed E-state index contributed by atoms with van der Waals surface area (Å²) in [5, 5.41) is 11.7. The zero-order chi connectivity index (χ0) is 20.4. The quantitative estimate of drug-likeness (QED) is 0.694. The number of benzene rings is 2. The minimum Gasteiger partial charge on any atom is -0.385 e. The Morgan fingerprint density at radius 3 is 2.38 bits per heavy atom. The lowest BCUT2D eigenvalue weighted by Crippen LogP contribution is -2.45. The topological polar surface area (TPSA) is 40.5 Å². The number of ketones is 1. The van der Waals surface area contributed by atoms with Crippen molar-refractivity contribution in [3.05, 3.63) is 70.5 Å².